The van der Waals surface area contributed by atoms with Gasteiger partial charge in [0.1, 0.15) is 17.5 Å². The molecular formula is C30H43FN6OS. The van der Waals surface area contributed by atoms with E-state index in [1.165, 1.54) is 44.2 Å². The molecule has 3 aliphatic rings. The van der Waals surface area contributed by atoms with Crippen molar-refractivity contribution in [3.63, 3.8) is 0 Å². The first-order valence-electron chi connectivity index (χ1n) is 14.7. The van der Waals surface area contributed by atoms with Crippen molar-refractivity contribution in [2.24, 2.45) is 11.8 Å². The van der Waals surface area contributed by atoms with Gasteiger partial charge < -0.3 is 25.2 Å². The Balaban J connectivity index is 1.34. The predicted octanol–water partition coefficient (Wildman–Crippen LogP) is 5.51. The molecule has 0 spiro atoms. The lowest BCUT2D eigenvalue weighted by Gasteiger charge is -2.38. The Kier molecular flexibility index (Phi) is 9.17. The Bertz CT molecular complexity index is 1090. The number of hydrogen-bond donors (Lipinski definition) is 2. The third-order valence-corrected chi connectivity index (χ3v) is 8.79. The summed E-state index contributed by atoms with van der Waals surface area (Å²) in [4.78, 5) is 14.7. The van der Waals surface area contributed by atoms with E-state index in [2.05, 4.69) is 40.3 Å². The standard InChI is InChI=1S/C30H43FN6OS/c1-22-17-23(2)20-37(19-22)27-18-26(36-13-5-3-4-6-14-36)33-28(34-27)35-29(39)32-21-30(11-15-38-16-12-30)24-7-9-25(31)10-8-24/h7-10,18,22-23H,3-6,11-17,19-21H2,1-2H3,(H2,32,33,34,35,39)/t22-,23+. The molecule has 0 saturated carbocycles. The molecule has 3 saturated heterocycles. The monoisotopic (exact) mass is 554 g/mol. The zero-order valence-corrected chi connectivity index (χ0v) is 24.2. The number of hydrogen-bond acceptors (Lipinski definition) is 6. The van der Waals surface area contributed by atoms with Gasteiger partial charge in [-0.15, -0.1) is 0 Å². The van der Waals surface area contributed by atoms with E-state index >= 15 is 0 Å². The van der Waals surface area contributed by atoms with Crippen LogP contribution >= 0.6 is 12.2 Å². The first-order valence-corrected chi connectivity index (χ1v) is 15.1. The average molecular weight is 555 g/mol. The fourth-order valence-corrected chi connectivity index (χ4v) is 6.64. The molecule has 3 fully saturated rings. The fraction of sp³-hybridized carbons (Fsp3) is 0.633. The highest BCUT2D eigenvalue weighted by Crippen LogP contribution is 2.34. The second-order valence-electron chi connectivity index (χ2n) is 11.9. The fourth-order valence-electron chi connectivity index (χ4n) is 6.48. The highest BCUT2D eigenvalue weighted by atomic mass is 32.1. The van der Waals surface area contributed by atoms with Gasteiger partial charge in [0.05, 0.1) is 0 Å². The summed E-state index contributed by atoms with van der Waals surface area (Å²) in [5.74, 6) is 3.53. The van der Waals surface area contributed by atoms with Gasteiger partial charge in [-0.1, -0.05) is 38.8 Å². The molecule has 2 N–H and O–H groups in total. The molecule has 39 heavy (non-hydrogen) atoms. The third-order valence-electron chi connectivity index (χ3n) is 8.54. The van der Waals surface area contributed by atoms with E-state index in [1.807, 2.05) is 12.1 Å². The average Bonchev–Trinajstić information content (AvgIpc) is 3.22. The molecule has 212 valence electrons. The number of anilines is 3. The second kappa shape index (κ2) is 12.8. The van der Waals surface area contributed by atoms with E-state index in [4.69, 9.17) is 26.9 Å². The molecule has 7 nitrogen and oxygen atoms in total. The van der Waals surface area contributed by atoms with Gasteiger partial charge >= 0.3 is 0 Å². The summed E-state index contributed by atoms with van der Waals surface area (Å²) >= 11 is 5.76. The van der Waals surface area contributed by atoms with Crippen molar-refractivity contribution >= 4 is 34.9 Å². The van der Waals surface area contributed by atoms with Crippen molar-refractivity contribution in [1.29, 1.82) is 0 Å². The molecule has 0 radical (unpaired) electrons. The van der Waals surface area contributed by atoms with E-state index in [-0.39, 0.29) is 11.2 Å². The Hall–Kier alpha value is -2.52. The molecule has 9 heteroatoms. The molecule has 5 rings (SSSR count). The minimum Gasteiger partial charge on any atom is -0.381 e. The van der Waals surface area contributed by atoms with E-state index in [1.54, 1.807) is 0 Å². The summed E-state index contributed by atoms with van der Waals surface area (Å²) in [6.07, 6.45) is 7.88. The lowest BCUT2D eigenvalue weighted by molar-refractivity contribution is 0.0515. The van der Waals surface area contributed by atoms with Crippen molar-refractivity contribution in [1.82, 2.24) is 15.3 Å². The lowest BCUT2D eigenvalue weighted by Crippen LogP contribution is -2.45. The Morgan fingerprint density at radius 2 is 1.59 bits per heavy atom. The molecule has 0 unspecified atom stereocenters. The first-order chi connectivity index (χ1) is 18.9. The van der Waals surface area contributed by atoms with Crippen LogP contribution in [0.3, 0.4) is 0 Å². The van der Waals surface area contributed by atoms with E-state index < -0.39 is 0 Å². The van der Waals surface area contributed by atoms with Gasteiger partial charge in [0.2, 0.25) is 5.95 Å². The normalized spacial score (nSPS) is 23.7. The summed E-state index contributed by atoms with van der Waals surface area (Å²) in [6.45, 7) is 10.7. The summed E-state index contributed by atoms with van der Waals surface area (Å²) in [5.41, 5.74) is 0.940. The molecule has 2 aromatic rings. The lowest BCUT2D eigenvalue weighted by atomic mass is 9.74. The van der Waals surface area contributed by atoms with Crippen LogP contribution in [0.4, 0.5) is 22.0 Å². The summed E-state index contributed by atoms with van der Waals surface area (Å²) in [7, 11) is 0. The molecule has 1 aromatic carbocycles. The molecule has 0 aliphatic carbocycles. The van der Waals surface area contributed by atoms with Crippen molar-refractivity contribution in [2.45, 2.75) is 64.2 Å². The summed E-state index contributed by atoms with van der Waals surface area (Å²) in [5, 5.41) is 7.25. The number of ether oxygens (including phenoxy) is 1. The number of piperidine rings is 1. The number of nitrogens with zero attached hydrogens (tertiary/aromatic N) is 4. The quantitative estimate of drug-likeness (QED) is 0.453. The molecule has 1 aromatic heterocycles. The van der Waals surface area contributed by atoms with Crippen LogP contribution in [0.1, 0.15) is 64.4 Å². The van der Waals surface area contributed by atoms with Crippen molar-refractivity contribution < 1.29 is 9.13 Å². The number of nitrogens with one attached hydrogen (secondary N) is 2. The smallest absolute Gasteiger partial charge is 0.232 e. The molecule has 3 aliphatic heterocycles. The van der Waals surface area contributed by atoms with Gasteiger partial charge in [0.15, 0.2) is 5.11 Å². The topological polar surface area (TPSA) is 65.5 Å². The summed E-state index contributed by atoms with van der Waals surface area (Å²) in [6, 6.07) is 9.02. The Labute approximate surface area is 237 Å². The molecule has 4 heterocycles. The predicted molar refractivity (Wildman–Crippen MR) is 160 cm³/mol. The van der Waals surface area contributed by atoms with Crippen LogP contribution in [-0.2, 0) is 10.2 Å². The van der Waals surface area contributed by atoms with E-state index in [9.17, 15) is 4.39 Å². The SMILES string of the molecule is C[C@@H]1C[C@H](C)CN(c2cc(N3CCCCCC3)nc(NC(=S)NCC3(c4ccc(F)cc4)CCOCC3)n2)C1. The highest BCUT2D eigenvalue weighted by Gasteiger charge is 2.35. The number of thiocarbonyl (C=S) groups is 1. The number of rotatable bonds is 6. The minimum atomic E-state index is -0.221. The molecule has 2 atom stereocenters. The van der Waals surface area contributed by atoms with Gasteiger partial charge in [0.25, 0.3) is 0 Å². The van der Waals surface area contributed by atoms with Crippen LogP contribution in [0.2, 0.25) is 0 Å². The second-order valence-corrected chi connectivity index (χ2v) is 12.3. The Morgan fingerprint density at radius 1 is 0.974 bits per heavy atom. The van der Waals surface area contributed by atoms with Gasteiger partial charge in [-0.25, -0.2) is 4.39 Å². The zero-order chi connectivity index (χ0) is 27.2. The Morgan fingerprint density at radius 3 is 2.23 bits per heavy atom. The van der Waals surface area contributed by atoms with Crippen LogP contribution in [0.15, 0.2) is 30.3 Å². The maximum Gasteiger partial charge on any atom is 0.232 e. The largest absolute Gasteiger partial charge is 0.381 e. The number of halogens is 1. The zero-order valence-electron chi connectivity index (χ0n) is 23.4. The summed E-state index contributed by atoms with van der Waals surface area (Å²) < 4.78 is 19.3. The van der Waals surface area contributed by atoms with Crippen LogP contribution in [0.25, 0.3) is 0 Å². The van der Waals surface area contributed by atoms with Gasteiger partial charge in [0, 0.05) is 57.4 Å². The van der Waals surface area contributed by atoms with Gasteiger partial charge in [-0.05, 0) is 73.9 Å². The van der Waals surface area contributed by atoms with Gasteiger partial charge in [-0.3, -0.25) is 0 Å². The van der Waals surface area contributed by atoms with E-state index in [0.717, 1.165) is 56.2 Å². The third kappa shape index (κ3) is 7.17. The number of benzene rings is 1. The maximum absolute atomic E-state index is 13.6. The van der Waals surface area contributed by atoms with Crippen LogP contribution in [0, 0.1) is 17.7 Å². The van der Waals surface area contributed by atoms with Gasteiger partial charge in [-0.2, -0.15) is 9.97 Å². The number of aromatic nitrogens is 2. The van der Waals surface area contributed by atoms with Crippen LogP contribution < -0.4 is 20.4 Å². The van der Waals surface area contributed by atoms with Crippen LogP contribution in [-0.4, -0.2) is 61.0 Å². The minimum absolute atomic E-state index is 0.169. The molecule has 0 bridgehead atoms. The van der Waals surface area contributed by atoms with Crippen LogP contribution in [0.5, 0.6) is 0 Å². The first kappa shape index (κ1) is 28.0. The maximum atomic E-state index is 13.6. The highest BCUT2D eigenvalue weighted by molar-refractivity contribution is 7.80. The van der Waals surface area contributed by atoms with Crippen molar-refractivity contribution in [3.8, 4) is 0 Å². The van der Waals surface area contributed by atoms with Crippen molar-refractivity contribution in [2.75, 3.05) is 61.1 Å². The van der Waals surface area contributed by atoms with E-state index in [0.29, 0.717) is 42.7 Å². The van der Waals surface area contributed by atoms with Crippen molar-refractivity contribution in [3.05, 3.63) is 41.7 Å². The molecular weight excluding hydrogens is 511 g/mol. The molecule has 0 amide bonds.